The van der Waals surface area contributed by atoms with Gasteiger partial charge in [-0.2, -0.15) is 0 Å². The molecular weight excluding hydrogens is 897 g/mol. The summed E-state index contributed by atoms with van der Waals surface area (Å²) in [5.74, 6) is 36.5. The molecule has 2 heteroatoms. The molecule has 0 fully saturated rings. The van der Waals surface area contributed by atoms with E-state index in [1.807, 2.05) is 0 Å². The molecule has 0 saturated carbocycles. The largest absolute Gasteiger partial charge is 0.492 e. The molecule has 0 aromatic heterocycles. The molecule has 0 bridgehead atoms. The average molecular weight is 1000 g/mol. The number of hydrogen-bond donors (Lipinski definition) is 0. The number of benzene rings is 2. The SMILES string of the molecule is CC(C)(C)c1ccc2c(c1)C#CC#CC#CC#CC#CC#Cc1cc(C(C)(C)C)ccc1OCCCCCCCCCCCCCCCCCCCCCCCCCCCCCCCCCCCCCCCCO2. The van der Waals surface area contributed by atoms with Crippen molar-refractivity contribution in [3.05, 3.63) is 58.7 Å². The van der Waals surface area contributed by atoms with Crippen LogP contribution in [0.15, 0.2) is 36.4 Å². The molecule has 1 aliphatic rings. The second-order valence-corrected chi connectivity index (χ2v) is 23.6. The van der Waals surface area contributed by atoms with Gasteiger partial charge in [-0.15, -0.1) is 0 Å². The molecule has 0 unspecified atom stereocenters. The summed E-state index contributed by atoms with van der Waals surface area (Å²) in [5, 5.41) is 0. The fourth-order valence-electron chi connectivity index (χ4n) is 9.82. The third kappa shape index (κ3) is 34.1. The maximum absolute atomic E-state index is 6.28. The molecule has 404 valence electrons. The van der Waals surface area contributed by atoms with Gasteiger partial charge in [-0.25, -0.2) is 0 Å². The molecule has 2 aromatic carbocycles. The summed E-state index contributed by atoms with van der Waals surface area (Å²) in [6, 6.07) is 12.7. The fourth-order valence-corrected chi connectivity index (χ4v) is 9.82. The van der Waals surface area contributed by atoms with Gasteiger partial charge in [0.1, 0.15) is 11.5 Å². The molecule has 0 amide bonds. The van der Waals surface area contributed by atoms with E-state index in [1.54, 1.807) is 0 Å². The highest BCUT2D eigenvalue weighted by Gasteiger charge is 2.17. The zero-order valence-corrected chi connectivity index (χ0v) is 48.6. The predicted octanol–water partition coefficient (Wildman–Crippen LogP) is 20.3. The van der Waals surface area contributed by atoms with E-state index in [1.165, 1.54) is 242 Å². The van der Waals surface area contributed by atoms with Crippen LogP contribution >= 0.6 is 0 Å². The van der Waals surface area contributed by atoms with Crippen molar-refractivity contribution in [3.63, 3.8) is 0 Å². The smallest absolute Gasteiger partial charge is 0.134 e. The average Bonchev–Trinajstić information content (AvgIpc) is 3.37. The van der Waals surface area contributed by atoms with Gasteiger partial charge in [-0.05, 0) is 130 Å². The fraction of sp³-hybridized carbons (Fsp3) is 0.667. The van der Waals surface area contributed by atoms with Crippen LogP contribution in [0.5, 0.6) is 11.5 Å². The first-order chi connectivity index (χ1) is 36.1. The Morgan fingerprint density at radius 3 is 0.649 bits per heavy atom. The Morgan fingerprint density at radius 1 is 0.257 bits per heavy atom. The van der Waals surface area contributed by atoms with Crippen molar-refractivity contribution in [2.75, 3.05) is 13.2 Å². The lowest BCUT2D eigenvalue weighted by atomic mass is 9.86. The van der Waals surface area contributed by atoms with Crippen molar-refractivity contribution in [3.8, 4) is 82.5 Å². The first kappa shape index (κ1) is 63.7. The Bertz CT molecular complexity index is 2010. The van der Waals surface area contributed by atoms with E-state index in [2.05, 4.69) is 149 Å². The molecule has 2 aromatic rings. The lowest BCUT2D eigenvalue weighted by molar-refractivity contribution is 0.303. The molecule has 0 radical (unpaired) electrons. The van der Waals surface area contributed by atoms with Crippen LogP contribution in [-0.2, 0) is 10.8 Å². The van der Waals surface area contributed by atoms with Crippen LogP contribution in [0.4, 0.5) is 0 Å². The van der Waals surface area contributed by atoms with E-state index < -0.39 is 0 Å². The van der Waals surface area contributed by atoms with E-state index in [-0.39, 0.29) is 10.8 Å². The monoisotopic (exact) mass is 1000 g/mol. The number of ether oxygens (including phenoxy) is 2. The van der Waals surface area contributed by atoms with Gasteiger partial charge in [0.05, 0.1) is 24.3 Å². The highest BCUT2D eigenvalue weighted by molar-refractivity contribution is 5.54. The predicted molar refractivity (Wildman–Crippen MR) is 322 cm³/mol. The maximum atomic E-state index is 6.28. The van der Waals surface area contributed by atoms with Crippen LogP contribution in [0, 0.1) is 71.0 Å². The van der Waals surface area contributed by atoms with Gasteiger partial charge in [0.25, 0.3) is 0 Å². The van der Waals surface area contributed by atoms with E-state index in [0.29, 0.717) is 13.2 Å². The molecule has 3 rings (SSSR count). The third-order valence-electron chi connectivity index (χ3n) is 14.7. The Morgan fingerprint density at radius 2 is 0.446 bits per heavy atom. The van der Waals surface area contributed by atoms with Crippen molar-refractivity contribution < 1.29 is 9.47 Å². The van der Waals surface area contributed by atoms with Crippen molar-refractivity contribution in [2.45, 2.75) is 296 Å². The molecule has 0 saturated heterocycles. The molecule has 0 aliphatic carbocycles. The first-order valence-corrected chi connectivity index (χ1v) is 30.7. The molecular formula is C72H104O2. The second kappa shape index (κ2) is 42.6. The van der Waals surface area contributed by atoms with E-state index in [4.69, 9.17) is 9.47 Å². The number of hydrogen-bond acceptors (Lipinski definition) is 2. The Hall–Kier alpha value is -4.60. The second-order valence-electron chi connectivity index (χ2n) is 23.6. The molecule has 1 aliphatic heterocycles. The first-order valence-electron chi connectivity index (χ1n) is 30.7. The molecule has 0 spiro atoms. The Balaban J connectivity index is 1.48. The third-order valence-corrected chi connectivity index (χ3v) is 14.7. The Labute approximate surface area is 458 Å². The summed E-state index contributed by atoms with van der Waals surface area (Å²) in [7, 11) is 0. The van der Waals surface area contributed by atoms with Crippen LogP contribution in [0.25, 0.3) is 0 Å². The van der Waals surface area contributed by atoms with Crippen LogP contribution in [-0.4, -0.2) is 13.2 Å². The van der Waals surface area contributed by atoms with Crippen molar-refractivity contribution in [2.24, 2.45) is 0 Å². The van der Waals surface area contributed by atoms with Gasteiger partial charge in [0, 0.05) is 0 Å². The summed E-state index contributed by atoms with van der Waals surface area (Å²) in [4.78, 5) is 0. The topological polar surface area (TPSA) is 18.5 Å². The van der Waals surface area contributed by atoms with Gasteiger partial charge in [-0.3, -0.25) is 0 Å². The summed E-state index contributed by atoms with van der Waals surface area (Å²) < 4.78 is 12.6. The van der Waals surface area contributed by atoms with Crippen LogP contribution in [0.2, 0.25) is 0 Å². The molecule has 74 heavy (non-hydrogen) atoms. The normalized spacial score (nSPS) is 18.4. The Kier molecular flexibility index (Phi) is 36.7. The number of rotatable bonds is 0. The van der Waals surface area contributed by atoms with Crippen LogP contribution in [0.3, 0.4) is 0 Å². The summed E-state index contributed by atoms with van der Waals surface area (Å²) in [5.41, 5.74) is 4.18. The minimum absolute atomic E-state index is 0.00613. The maximum Gasteiger partial charge on any atom is 0.134 e. The highest BCUT2D eigenvalue weighted by Crippen LogP contribution is 2.30. The summed E-state index contributed by atoms with van der Waals surface area (Å²) in [6.07, 6.45) is 52.8. The zero-order chi connectivity index (χ0) is 52.9. The summed E-state index contributed by atoms with van der Waals surface area (Å²) in [6.45, 7) is 14.7. The quantitative estimate of drug-likeness (QED) is 0.245. The minimum atomic E-state index is 0.00613. The van der Waals surface area contributed by atoms with Gasteiger partial charge in [0.15, 0.2) is 0 Å². The standard InChI is InChI=1S/C72H104O2/c1-71(2,3)67-57-59-69-65(63-67)55-51-47-43-39-35-36-40-44-48-52-56-66-64-68(72(4,5)6)58-60-70(66)74-62-54-50-46-42-38-34-32-30-28-26-24-22-20-18-16-14-12-10-8-7-9-11-13-15-17-19-21-23-25-27-29-31-33-37-41-45-49-53-61-73-69/h57-60,63-64H,7-34,37-38,41-42,45-46,49-50,53-54,61-62H2,1-6H3. The molecule has 0 N–H and O–H groups in total. The van der Waals surface area contributed by atoms with E-state index in [9.17, 15) is 0 Å². The number of fused-ring (bicyclic) bond motifs is 2. The van der Waals surface area contributed by atoms with Crippen LogP contribution < -0.4 is 9.47 Å². The van der Waals surface area contributed by atoms with E-state index >= 15 is 0 Å². The minimum Gasteiger partial charge on any atom is -0.492 e. The van der Waals surface area contributed by atoms with Crippen molar-refractivity contribution in [1.29, 1.82) is 0 Å². The zero-order valence-electron chi connectivity index (χ0n) is 48.6. The van der Waals surface area contributed by atoms with Gasteiger partial charge in [0.2, 0.25) is 0 Å². The van der Waals surface area contributed by atoms with Crippen LogP contribution in [0.1, 0.15) is 308 Å². The molecule has 2 nitrogen and oxygen atoms in total. The summed E-state index contributed by atoms with van der Waals surface area (Å²) >= 11 is 0. The lowest BCUT2D eigenvalue weighted by Crippen LogP contribution is -2.11. The lowest BCUT2D eigenvalue weighted by Gasteiger charge is -2.20. The van der Waals surface area contributed by atoms with E-state index in [0.717, 1.165) is 35.5 Å². The van der Waals surface area contributed by atoms with Gasteiger partial charge in [-0.1, -0.05) is 285 Å². The van der Waals surface area contributed by atoms with Crippen molar-refractivity contribution >= 4 is 0 Å². The van der Waals surface area contributed by atoms with Crippen molar-refractivity contribution in [1.82, 2.24) is 0 Å². The molecule has 0 atom stereocenters. The molecule has 1 heterocycles. The highest BCUT2D eigenvalue weighted by atomic mass is 16.5. The van der Waals surface area contributed by atoms with Gasteiger partial charge < -0.3 is 9.47 Å². The van der Waals surface area contributed by atoms with Gasteiger partial charge >= 0.3 is 0 Å².